The Kier molecular flexibility index (Phi) is 4.31. The van der Waals surface area contributed by atoms with E-state index in [1.165, 1.54) is 11.6 Å². The summed E-state index contributed by atoms with van der Waals surface area (Å²) < 4.78 is 4.28. The van der Waals surface area contributed by atoms with Crippen LogP contribution in [0.15, 0.2) is 70.3 Å². The Morgan fingerprint density at radius 2 is 1.43 bits per heavy atom. The van der Waals surface area contributed by atoms with E-state index in [-0.39, 0.29) is 5.56 Å². The largest absolute Gasteiger partial charge is 0.332 e. The summed E-state index contributed by atoms with van der Waals surface area (Å²) in [6.45, 7) is 0. The normalized spacial score (nSPS) is 11.9. The zero-order valence-corrected chi connectivity index (χ0v) is 16.0. The third-order valence-electron chi connectivity index (χ3n) is 4.91. The zero-order chi connectivity index (χ0) is 19.8. The van der Waals surface area contributed by atoms with Crippen LogP contribution in [0.2, 0.25) is 0 Å². The first-order chi connectivity index (χ1) is 13.5. The lowest BCUT2D eigenvalue weighted by atomic mass is 10.0. The van der Waals surface area contributed by atoms with Crippen LogP contribution in [0.4, 0.5) is 0 Å². The molecule has 4 aromatic rings. The molecule has 6 heteroatoms. The van der Waals surface area contributed by atoms with Crippen LogP contribution in [-0.2, 0) is 21.1 Å². The Balaban J connectivity index is 2.07. The van der Waals surface area contributed by atoms with Gasteiger partial charge in [-0.2, -0.15) is 0 Å². The monoisotopic (exact) mass is 372 g/mol. The Morgan fingerprint density at radius 1 is 0.821 bits per heavy atom. The van der Waals surface area contributed by atoms with Crippen molar-refractivity contribution in [2.45, 2.75) is 0 Å². The van der Waals surface area contributed by atoms with E-state index in [0.29, 0.717) is 17.0 Å². The fraction of sp³-hybridized carbons (Fsp3) is 0.136. The quantitative estimate of drug-likeness (QED) is 0.519. The molecule has 2 aromatic carbocycles. The van der Waals surface area contributed by atoms with Crippen LogP contribution in [0.1, 0.15) is 17.0 Å². The first kappa shape index (κ1) is 17.7. The van der Waals surface area contributed by atoms with Gasteiger partial charge >= 0.3 is 5.69 Å². The van der Waals surface area contributed by atoms with E-state index < -0.39 is 5.69 Å². The molecule has 0 saturated heterocycles. The van der Waals surface area contributed by atoms with Crippen molar-refractivity contribution in [1.29, 1.82) is 0 Å². The summed E-state index contributed by atoms with van der Waals surface area (Å²) in [6.07, 6.45) is 2.04. The minimum Gasteiger partial charge on any atom is -0.321 e. The van der Waals surface area contributed by atoms with Gasteiger partial charge in [0.15, 0.2) is 11.2 Å². The number of hydrogen-bond acceptors (Lipinski definition) is 3. The highest BCUT2D eigenvalue weighted by Crippen LogP contribution is 2.26. The van der Waals surface area contributed by atoms with Gasteiger partial charge in [-0.1, -0.05) is 60.7 Å². The summed E-state index contributed by atoms with van der Waals surface area (Å²) in [7, 11) is 4.91. The van der Waals surface area contributed by atoms with Crippen LogP contribution >= 0.6 is 0 Å². The summed E-state index contributed by atoms with van der Waals surface area (Å²) in [5.41, 5.74) is 2.90. The molecule has 0 unspecified atom stereocenters. The summed E-state index contributed by atoms with van der Waals surface area (Å²) in [6, 6.07) is 19.8. The van der Waals surface area contributed by atoms with Crippen LogP contribution in [0.3, 0.4) is 0 Å². The Morgan fingerprint density at radius 3 is 2.07 bits per heavy atom. The number of fused-ring (bicyclic) bond motifs is 1. The van der Waals surface area contributed by atoms with Gasteiger partial charge in [0, 0.05) is 26.7 Å². The fourth-order valence-corrected chi connectivity index (χ4v) is 3.37. The van der Waals surface area contributed by atoms with E-state index in [9.17, 15) is 9.59 Å². The molecule has 0 N–H and O–H groups in total. The van der Waals surface area contributed by atoms with Crippen molar-refractivity contribution in [2.24, 2.45) is 21.1 Å². The number of aromatic nitrogens is 4. The second-order valence-corrected chi connectivity index (χ2v) is 6.71. The van der Waals surface area contributed by atoms with Gasteiger partial charge in [0.05, 0.1) is 0 Å². The maximum absolute atomic E-state index is 12.7. The SMILES string of the molecule is Cn1c(=O)c2c(nc(/C(=C/c3ccccc3)c3ccccc3)n2C)n(C)c1=O. The van der Waals surface area contributed by atoms with Crippen molar-refractivity contribution in [1.82, 2.24) is 18.7 Å². The van der Waals surface area contributed by atoms with Gasteiger partial charge in [-0.05, 0) is 17.2 Å². The van der Waals surface area contributed by atoms with Gasteiger partial charge in [0.25, 0.3) is 5.56 Å². The molecule has 0 aliphatic heterocycles. The lowest BCUT2D eigenvalue weighted by Crippen LogP contribution is -2.37. The smallest absolute Gasteiger partial charge is 0.321 e. The lowest BCUT2D eigenvalue weighted by molar-refractivity contribution is 0.705. The van der Waals surface area contributed by atoms with Crippen LogP contribution in [0.5, 0.6) is 0 Å². The number of nitrogens with zero attached hydrogens (tertiary/aromatic N) is 4. The number of imidazole rings is 1. The highest BCUT2D eigenvalue weighted by Gasteiger charge is 2.20. The second-order valence-electron chi connectivity index (χ2n) is 6.71. The van der Waals surface area contributed by atoms with Gasteiger partial charge in [0.1, 0.15) is 5.82 Å². The van der Waals surface area contributed by atoms with Gasteiger partial charge in [-0.15, -0.1) is 0 Å². The maximum Gasteiger partial charge on any atom is 0.332 e. The van der Waals surface area contributed by atoms with Crippen molar-refractivity contribution < 1.29 is 0 Å². The highest BCUT2D eigenvalue weighted by atomic mass is 16.2. The van der Waals surface area contributed by atoms with Crippen molar-refractivity contribution >= 4 is 22.8 Å². The van der Waals surface area contributed by atoms with Crippen molar-refractivity contribution in [3.05, 3.63) is 98.5 Å². The third kappa shape index (κ3) is 2.79. The van der Waals surface area contributed by atoms with Crippen molar-refractivity contribution in [3.8, 4) is 0 Å². The molecule has 0 bridgehead atoms. The van der Waals surface area contributed by atoms with Crippen molar-refractivity contribution in [3.63, 3.8) is 0 Å². The van der Waals surface area contributed by atoms with E-state index in [1.807, 2.05) is 66.7 Å². The molecular weight excluding hydrogens is 352 g/mol. The van der Waals surface area contributed by atoms with Crippen molar-refractivity contribution in [2.75, 3.05) is 0 Å². The third-order valence-corrected chi connectivity index (χ3v) is 4.91. The highest BCUT2D eigenvalue weighted by molar-refractivity contribution is 5.91. The number of aryl methyl sites for hydroxylation is 2. The molecule has 0 atom stereocenters. The average Bonchev–Trinajstić information content (AvgIpc) is 3.07. The second kappa shape index (κ2) is 6.81. The molecule has 0 fully saturated rings. The minimum absolute atomic E-state index is 0.355. The topological polar surface area (TPSA) is 61.8 Å². The molecule has 2 aromatic heterocycles. The molecule has 0 amide bonds. The molecule has 2 heterocycles. The zero-order valence-electron chi connectivity index (χ0n) is 16.0. The fourth-order valence-electron chi connectivity index (χ4n) is 3.37. The molecule has 6 nitrogen and oxygen atoms in total. The molecule has 0 radical (unpaired) electrons. The molecule has 28 heavy (non-hydrogen) atoms. The van der Waals surface area contributed by atoms with E-state index in [4.69, 9.17) is 4.98 Å². The Labute approximate surface area is 161 Å². The van der Waals surface area contributed by atoms with Crippen LogP contribution in [0.25, 0.3) is 22.8 Å². The standard InChI is InChI=1S/C22H20N4O2/c1-24-18-20(25(2)22(28)26(3)21(18)27)23-19(24)17(16-12-8-5-9-13-16)14-15-10-6-4-7-11-15/h4-14H,1-3H3/b17-14+. The predicted octanol–water partition coefficient (Wildman–Crippen LogP) is 2.56. The van der Waals surface area contributed by atoms with E-state index in [0.717, 1.165) is 21.3 Å². The Hall–Kier alpha value is -3.67. The first-order valence-corrected chi connectivity index (χ1v) is 8.94. The van der Waals surface area contributed by atoms with Gasteiger partial charge < -0.3 is 4.57 Å². The molecule has 0 spiro atoms. The minimum atomic E-state index is -0.393. The predicted molar refractivity (Wildman–Crippen MR) is 111 cm³/mol. The average molecular weight is 372 g/mol. The Bertz CT molecular complexity index is 1310. The number of rotatable bonds is 3. The molecule has 140 valence electrons. The summed E-state index contributed by atoms with van der Waals surface area (Å²) >= 11 is 0. The first-order valence-electron chi connectivity index (χ1n) is 8.94. The van der Waals surface area contributed by atoms with Crippen LogP contribution < -0.4 is 11.2 Å². The molecular formula is C22H20N4O2. The summed E-state index contributed by atoms with van der Waals surface area (Å²) in [4.78, 5) is 29.7. The number of benzene rings is 2. The summed E-state index contributed by atoms with van der Waals surface area (Å²) in [5, 5.41) is 0. The molecule has 0 saturated carbocycles. The van der Waals surface area contributed by atoms with Gasteiger partial charge in [-0.3, -0.25) is 13.9 Å². The summed E-state index contributed by atoms with van der Waals surface area (Å²) in [5.74, 6) is 0.628. The van der Waals surface area contributed by atoms with E-state index >= 15 is 0 Å². The maximum atomic E-state index is 12.7. The molecule has 0 aliphatic rings. The van der Waals surface area contributed by atoms with Crippen LogP contribution in [-0.4, -0.2) is 18.7 Å². The lowest BCUT2D eigenvalue weighted by Gasteiger charge is -2.09. The van der Waals surface area contributed by atoms with E-state index in [1.54, 1.807) is 18.7 Å². The van der Waals surface area contributed by atoms with Crippen LogP contribution in [0, 0.1) is 0 Å². The van der Waals surface area contributed by atoms with Gasteiger partial charge in [0.2, 0.25) is 0 Å². The molecule has 4 rings (SSSR count). The number of hydrogen-bond donors (Lipinski definition) is 0. The molecule has 0 aliphatic carbocycles. The van der Waals surface area contributed by atoms with E-state index in [2.05, 4.69) is 0 Å². The van der Waals surface area contributed by atoms with Gasteiger partial charge in [-0.25, -0.2) is 9.78 Å².